The number of benzene rings is 1. The van der Waals surface area contributed by atoms with Crippen molar-refractivity contribution in [1.29, 1.82) is 0 Å². The molecule has 7 nitrogen and oxygen atoms in total. The van der Waals surface area contributed by atoms with Crippen LogP contribution >= 0.6 is 0 Å². The Balaban J connectivity index is 1.73. The molecule has 8 heteroatoms. The van der Waals surface area contributed by atoms with Crippen molar-refractivity contribution in [2.75, 3.05) is 19.6 Å². The molecule has 108 valence electrons. The van der Waals surface area contributed by atoms with Crippen LogP contribution < -0.4 is 10.0 Å². The van der Waals surface area contributed by atoms with E-state index in [4.69, 9.17) is 0 Å². The van der Waals surface area contributed by atoms with Crippen molar-refractivity contribution in [3.05, 3.63) is 34.4 Å². The Morgan fingerprint density at radius 3 is 2.60 bits per heavy atom. The van der Waals surface area contributed by atoms with Gasteiger partial charge in [0.2, 0.25) is 10.0 Å². The summed E-state index contributed by atoms with van der Waals surface area (Å²) in [6.07, 6.45) is 0. The topological polar surface area (TPSA) is 101 Å². The van der Waals surface area contributed by atoms with Gasteiger partial charge in [0, 0.05) is 12.6 Å². The molecule has 2 unspecified atom stereocenters. The molecular weight excluding hydrogens is 282 g/mol. The van der Waals surface area contributed by atoms with Gasteiger partial charge in [-0.25, -0.2) is 13.1 Å². The molecule has 1 saturated carbocycles. The minimum atomic E-state index is -3.83. The highest BCUT2D eigenvalue weighted by atomic mass is 32.2. The zero-order chi connectivity index (χ0) is 14.3. The van der Waals surface area contributed by atoms with Crippen LogP contribution in [0, 0.1) is 27.9 Å². The van der Waals surface area contributed by atoms with E-state index in [1.54, 1.807) is 0 Å². The Morgan fingerprint density at radius 2 is 1.95 bits per heavy atom. The summed E-state index contributed by atoms with van der Waals surface area (Å²) in [5.41, 5.74) is -0.391. The number of piperidine rings is 1. The number of sulfonamides is 1. The van der Waals surface area contributed by atoms with Gasteiger partial charge in [-0.3, -0.25) is 10.1 Å². The first-order chi connectivity index (χ1) is 9.50. The quantitative estimate of drug-likeness (QED) is 0.603. The molecular formula is C12H15N3O4S. The first-order valence-electron chi connectivity index (χ1n) is 6.44. The van der Waals surface area contributed by atoms with Gasteiger partial charge in [0.15, 0.2) is 4.90 Å². The highest BCUT2D eigenvalue weighted by Gasteiger charge is 2.52. The molecule has 1 aromatic rings. The van der Waals surface area contributed by atoms with Crippen molar-refractivity contribution < 1.29 is 13.3 Å². The van der Waals surface area contributed by atoms with Crippen LogP contribution in [0.2, 0.25) is 0 Å². The fourth-order valence-electron chi connectivity index (χ4n) is 2.97. The smallest absolute Gasteiger partial charge is 0.289 e. The first-order valence-corrected chi connectivity index (χ1v) is 7.93. The molecule has 1 aliphatic heterocycles. The van der Waals surface area contributed by atoms with Gasteiger partial charge in [-0.05, 0) is 36.9 Å². The molecule has 2 atom stereocenters. The number of nitrogens with one attached hydrogen (secondary N) is 2. The lowest BCUT2D eigenvalue weighted by atomic mass is 10.3. The third-order valence-corrected chi connectivity index (χ3v) is 5.60. The van der Waals surface area contributed by atoms with Gasteiger partial charge in [-0.2, -0.15) is 0 Å². The Bertz CT molecular complexity index is 636. The Labute approximate surface area is 116 Å². The first kappa shape index (κ1) is 13.5. The second-order valence-corrected chi connectivity index (χ2v) is 6.96. The number of hydrogen-bond acceptors (Lipinski definition) is 5. The highest BCUT2D eigenvalue weighted by Crippen LogP contribution is 2.48. The van der Waals surface area contributed by atoms with E-state index in [9.17, 15) is 18.5 Å². The van der Waals surface area contributed by atoms with Gasteiger partial charge in [0.05, 0.1) is 4.92 Å². The van der Waals surface area contributed by atoms with Gasteiger partial charge >= 0.3 is 0 Å². The summed E-state index contributed by atoms with van der Waals surface area (Å²) >= 11 is 0. The Hall–Kier alpha value is -1.51. The summed E-state index contributed by atoms with van der Waals surface area (Å²) in [5.74, 6) is 1.45. The van der Waals surface area contributed by atoms with Crippen molar-refractivity contribution in [3.8, 4) is 0 Å². The van der Waals surface area contributed by atoms with Crippen molar-refractivity contribution in [1.82, 2.24) is 10.0 Å². The fourth-order valence-corrected chi connectivity index (χ4v) is 4.21. The van der Waals surface area contributed by atoms with Crippen LogP contribution in [0.4, 0.5) is 5.69 Å². The molecule has 0 aromatic heterocycles. The van der Waals surface area contributed by atoms with Crippen molar-refractivity contribution >= 4 is 15.7 Å². The summed E-state index contributed by atoms with van der Waals surface area (Å²) in [6, 6.07) is 5.39. The Morgan fingerprint density at radius 1 is 1.30 bits per heavy atom. The van der Waals surface area contributed by atoms with Crippen molar-refractivity contribution in [2.45, 2.75) is 4.90 Å². The molecule has 0 radical (unpaired) electrons. The standard InChI is InChI=1S/C12H15N3O4S/c16-15(17)11-3-1-2-4-12(11)20(18,19)14-7-10-8-5-13-6-9(8)10/h1-4,8-10,13-14H,5-7H2. The predicted octanol–water partition coefficient (Wildman–Crippen LogP) is 0.338. The highest BCUT2D eigenvalue weighted by molar-refractivity contribution is 7.89. The van der Waals surface area contributed by atoms with E-state index in [1.807, 2.05) is 0 Å². The normalized spacial score (nSPS) is 28.1. The summed E-state index contributed by atoms with van der Waals surface area (Å²) in [6.45, 7) is 2.22. The number of hydrogen-bond donors (Lipinski definition) is 2. The third kappa shape index (κ3) is 2.30. The summed E-state index contributed by atoms with van der Waals surface area (Å²) < 4.78 is 26.9. The van der Waals surface area contributed by atoms with Gasteiger partial charge in [0.1, 0.15) is 0 Å². The van der Waals surface area contributed by atoms with Crippen LogP contribution in [-0.4, -0.2) is 33.0 Å². The fraction of sp³-hybridized carbons (Fsp3) is 0.500. The molecule has 2 fully saturated rings. The predicted molar refractivity (Wildman–Crippen MR) is 71.6 cm³/mol. The van der Waals surface area contributed by atoms with Gasteiger partial charge < -0.3 is 5.32 Å². The number of fused-ring (bicyclic) bond motifs is 1. The maximum Gasteiger partial charge on any atom is 0.289 e. The van der Waals surface area contributed by atoms with Crippen LogP contribution in [0.15, 0.2) is 29.2 Å². The summed E-state index contributed by atoms with van der Waals surface area (Å²) in [7, 11) is -3.83. The lowest BCUT2D eigenvalue weighted by molar-refractivity contribution is -0.387. The van der Waals surface area contributed by atoms with Gasteiger partial charge in [0.25, 0.3) is 5.69 Å². The maximum absolute atomic E-state index is 12.2. The number of rotatable bonds is 5. The summed E-state index contributed by atoms with van der Waals surface area (Å²) in [5, 5.41) is 14.1. The average Bonchev–Trinajstić information content (AvgIpc) is 2.85. The van der Waals surface area contributed by atoms with E-state index in [0.717, 1.165) is 13.1 Å². The van der Waals surface area contributed by atoms with Crippen LogP contribution in [0.1, 0.15) is 0 Å². The van der Waals surface area contributed by atoms with Crippen LogP contribution in [0.5, 0.6) is 0 Å². The molecule has 2 N–H and O–H groups in total. The van der Waals surface area contributed by atoms with E-state index < -0.39 is 20.6 Å². The molecule has 20 heavy (non-hydrogen) atoms. The van der Waals surface area contributed by atoms with Gasteiger partial charge in [-0.15, -0.1) is 0 Å². The number of nitrogens with zero attached hydrogens (tertiary/aromatic N) is 1. The van der Waals surface area contributed by atoms with E-state index in [0.29, 0.717) is 24.3 Å². The largest absolute Gasteiger partial charge is 0.316 e. The third-order valence-electron chi connectivity index (χ3n) is 4.13. The summed E-state index contributed by atoms with van der Waals surface area (Å²) in [4.78, 5) is 9.94. The SMILES string of the molecule is O=[N+]([O-])c1ccccc1S(=O)(=O)NCC1C2CNCC21. The van der Waals surface area contributed by atoms with Crippen LogP contribution in [0.25, 0.3) is 0 Å². The lowest BCUT2D eigenvalue weighted by Crippen LogP contribution is -2.29. The second-order valence-electron chi connectivity index (χ2n) is 5.23. The average molecular weight is 297 g/mol. The molecule has 2 aliphatic rings. The maximum atomic E-state index is 12.2. The molecule has 1 aliphatic carbocycles. The minimum absolute atomic E-state index is 0.270. The van der Waals surface area contributed by atoms with Gasteiger partial charge in [-0.1, -0.05) is 12.1 Å². The van der Waals surface area contributed by atoms with E-state index in [2.05, 4.69) is 10.0 Å². The molecule has 1 saturated heterocycles. The Kier molecular flexibility index (Phi) is 3.23. The minimum Gasteiger partial charge on any atom is -0.316 e. The molecule has 0 spiro atoms. The molecule has 3 rings (SSSR count). The van der Waals surface area contributed by atoms with Crippen LogP contribution in [0.3, 0.4) is 0 Å². The number of nitro groups is 1. The monoisotopic (exact) mass is 297 g/mol. The number of nitro benzene ring substituents is 1. The zero-order valence-electron chi connectivity index (χ0n) is 10.7. The van der Waals surface area contributed by atoms with E-state index in [-0.39, 0.29) is 4.90 Å². The van der Waals surface area contributed by atoms with Crippen molar-refractivity contribution in [2.24, 2.45) is 17.8 Å². The van der Waals surface area contributed by atoms with Crippen LogP contribution in [-0.2, 0) is 10.0 Å². The van der Waals surface area contributed by atoms with E-state index in [1.165, 1.54) is 24.3 Å². The second kappa shape index (κ2) is 4.80. The molecule has 0 amide bonds. The molecule has 1 aromatic carbocycles. The zero-order valence-corrected chi connectivity index (χ0v) is 11.5. The van der Waals surface area contributed by atoms with E-state index >= 15 is 0 Å². The molecule has 0 bridgehead atoms. The number of para-hydroxylation sites is 1. The lowest BCUT2D eigenvalue weighted by Gasteiger charge is -2.08. The molecule has 1 heterocycles. The van der Waals surface area contributed by atoms with Crippen molar-refractivity contribution in [3.63, 3.8) is 0 Å².